The van der Waals surface area contributed by atoms with Gasteiger partial charge in [-0.25, -0.2) is 9.47 Å². The zero-order chi connectivity index (χ0) is 28.4. The third kappa shape index (κ3) is 5.13. The first-order valence-corrected chi connectivity index (χ1v) is 9.93. The lowest BCUT2D eigenvalue weighted by Crippen LogP contribution is -2.67. The van der Waals surface area contributed by atoms with Gasteiger partial charge in [-0.05, 0) is 0 Å². The molecule has 0 aromatic rings. The maximum atomic E-state index is 13.3. The van der Waals surface area contributed by atoms with Crippen LogP contribution in [0.3, 0.4) is 0 Å². The Morgan fingerprint density at radius 2 is 0.588 bits per heavy atom. The van der Waals surface area contributed by atoms with Crippen LogP contribution in [-0.2, 0) is 18.6 Å². The normalized spacial score (nSPS) is 16.7. The molecule has 0 saturated carbocycles. The summed E-state index contributed by atoms with van der Waals surface area (Å²) in [4.78, 5) is 31.6. The third-order valence-electron chi connectivity index (χ3n) is 3.07. The second kappa shape index (κ2) is 8.32. The Balaban J connectivity index is 6.46. The quantitative estimate of drug-likeness (QED) is 0.207. The highest BCUT2D eigenvalue weighted by atomic mass is 31.2. The van der Waals surface area contributed by atoms with Gasteiger partial charge in [-0.3, -0.25) is 9.13 Å². The Morgan fingerprint density at radius 3 is 0.735 bits per heavy atom. The molecule has 0 fully saturated rings. The van der Waals surface area contributed by atoms with Gasteiger partial charge in [0.1, 0.15) is 0 Å². The molecule has 0 saturated heterocycles. The third-order valence-corrected chi connectivity index (χ3v) is 5.05. The summed E-state index contributed by atoms with van der Waals surface area (Å²) < 4.78 is 231. The molecule has 0 aliphatic rings. The molecule has 0 spiro atoms. The average molecular weight is 594 g/mol. The van der Waals surface area contributed by atoms with E-state index in [0.29, 0.717) is 0 Å². The largest absolute Gasteiger partial charge is 0.436 e. The zero-order valence-corrected chi connectivity index (χ0v) is 16.2. The lowest BCUT2D eigenvalue weighted by Gasteiger charge is -2.39. The Morgan fingerprint density at radius 1 is 0.412 bits per heavy atom. The van der Waals surface area contributed by atoms with Crippen molar-refractivity contribution in [1.29, 1.82) is 0 Å². The summed E-state index contributed by atoms with van der Waals surface area (Å²) >= 11 is 0. The molecule has 34 heavy (non-hydrogen) atoms. The van der Waals surface area contributed by atoms with Crippen LogP contribution in [0.25, 0.3) is 0 Å². The van der Waals surface area contributed by atoms with Gasteiger partial charge in [0, 0.05) is 0 Å². The van der Waals surface area contributed by atoms with Crippen LogP contribution in [0.2, 0.25) is 0 Å². The minimum Gasteiger partial charge on any atom is -0.320 e. The molecule has 0 aromatic carbocycles. The van der Waals surface area contributed by atoms with Gasteiger partial charge in [-0.2, -0.15) is 70.2 Å². The molecule has 0 unspecified atom stereocenters. The van der Waals surface area contributed by atoms with Crippen molar-refractivity contribution in [2.45, 2.75) is 47.6 Å². The van der Waals surface area contributed by atoms with Crippen molar-refractivity contribution in [1.82, 2.24) is 0 Å². The maximum Gasteiger partial charge on any atom is 0.436 e. The van der Waals surface area contributed by atoms with Crippen LogP contribution in [0, 0.1) is 0 Å². The second-order valence-corrected chi connectivity index (χ2v) is 8.89. The number of rotatable bonds is 11. The molecular formula is C8H4F16O8P2. The van der Waals surface area contributed by atoms with E-state index in [2.05, 4.69) is 0 Å². The standard InChI is InChI=1S/C8H4F16O8P2/c9-1(10,3(13,14)31-5(17,18)7(21,22)33(25,26)27)2(11,12)4(15,16)32-6(19,20)8(23,24)34(28,29)30/h(H2,25,26,27)(H2,28,29,30). The Kier molecular flexibility index (Phi) is 8.10. The molecule has 0 radical (unpaired) electrons. The van der Waals surface area contributed by atoms with Crippen LogP contribution in [-0.4, -0.2) is 67.2 Å². The molecule has 0 heterocycles. The van der Waals surface area contributed by atoms with Crippen molar-refractivity contribution in [2.24, 2.45) is 0 Å². The van der Waals surface area contributed by atoms with Crippen molar-refractivity contribution in [3.63, 3.8) is 0 Å². The van der Waals surface area contributed by atoms with Crippen molar-refractivity contribution in [3.05, 3.63) is 0 Å². The first kappa shape index (κ1) is 33.1. The molecule has 0 rings (SSSR count). The van der Waals surface area contributed by atoms with Gasteiger partial charge in [0.25, 0.3) is 0 Å². The van der Waals surface area contributed by atoms with E-state index in [1.54, 1.807) is 0 Å². The second-order valence-electron chi connectivity index (χ2n) is 5.59. The molecule has 206 valence electrons. The van der Waals surface area contributed by atoms with E-state index in [0.717, 1.165) is 0 Å². The highest BCUT2D eigenvalue weighted by Gasteiger charge is 2.87. The van der Waals surface area contributed by atoms with E-state index in [1.807, 2.05) is 0 Å². The fourth-order valence-corrected chi connectivity index (χ4v) is 2.05. The molecular weight excluding hydrogens is 590 g/mol. The molecule has 0 aliphatic carbocycles. The molecule has 0 aromatic heterocycles. The van der Waals surface area contributed by atoms with Gasteiger partial charge >= 0.3 is 62.8 Å². The summed E-state index contributed by atoms with van der Waals surface area (Å²) in [6.07, 6.45) is -31.4. The molecule has 0 bridgehead atoms. The number of halogens is 16. The van der Waals surface area contributed by atoms with Crippen molar-refractivity contribution in [3.8, 4) is 0 Å². The monoisotopic (exact) mass is 594 g/mol. The highest BCUT2D eigenvalue weighted by molar-refractivity contribution is 7.53. The Labute approximate surface area is 172 Å². The van der Waals surface area contributed by atoms with E-state index in [1.165, 1.54) is 9.47 Å². The van der Waals surface area contributed by atoms with Crippen LogP contribution >= 0.6 is 15.2 Å². The van der Waals surface area contributed by atoms with E-state index >= 15 is 0 Å². The van der Waals surface area contributed by atoms with Gasteiger partial charge in [0.05, 0.1) is 0 Å². The van der Waals surface area contributed by atoms with E-state index < -0.39 is 62.8 Å². The first-order chi connectivity index (χ1) is 14.2. The smallest absolute Gasteiger partial charge is 0.320 e. The Hall–Kier alpha value is -0.900. The van der Waals surface area contributed by atoms with Gasteiger partial charge in [-0.1, -0.05) is 0 Å². The Bertz CT molecular complexity index is 791. The zero-order valence-electron chi connectivity index (χ0n) is 14.4. The number of alkyl halides is 16. The predicted molar refractivity (Wildman–Crippen MR) is 65.8 cm³/mol. The van der Waals surface area contributed by atoms with Crippen LogP contribution in [0.4, 0.5) is 70.2 Å². The van der Waals surface area contributed by atoms with Crippen molar-refractivity contribution >= 4 is 15.2 Å². The first-order valence-electron chi connectivity index (χ1n) is 6.70. The van der Waals surface area contributed by atoms with E-state index in [-0.39, 0.29) is 0 Å². The van der Waals surface area contributed by atoms with Gasteiger partial charge in [0.2, 0.25) is 0 Å². The topological polar surface area (TPSA) is 134 Å². The summed E-state index contributed by atoms with van der Waals surface area (Å²) in [5, 5.41) is 0. The molecule has 26 heteroatoms. The molecule has 0 amide bonds. The molecule has 0 aliphatic heterocycles. The van der Waals surface area contributed by atoms with Crippen molar-refractivity contribution in [2.75, 3.05) is 0 Å². The molecule has 0 atom stereocenters. The van der Waals surface area contributed by atoms with Crippen LogP contribution in [0.1, 0.15) is 0 Å². The fraction of sp³-hybridized carbons (Fsp3) is 1.00. The number of hydrogen-bond acceptors (Lipinski definition) is 4. The van der Waals surface area contributed by atoms with Crippen molar-refractivity contribution < 1.29 is 108 Å². The number of hydrogen-bond donors (Lipinski definition) is 4. The lowest BCUT2D eigenvalue weighted by atomic mass is 10.1. The van der Waals surface area contributed by atoms with Crippen LogP contribution in [0.5, 0.6) is 0 Å². The van der Waals surface area contributed by atoms with Gasteiger partial charge in [-0.15, -0.1) is 0 Å². The average Bonchev–Trinajstić information content (AvgIpc) is 2.49. The SMILES string of the molecule is O=P(O)(O)C(F)(F)C(F)(F)OC(F)(F)C(F)(F)C(F)(F)C(F)(F)OC(F)(F)C(F)(F)P(=O)(O)O. The molecule has 4 N–H and O–H groups in total. The predicted octanol–water partition coefficient (Wildman–Crippen LogP) is 4.20. The minimum atomic E-state index is -8.45. The van der Waals surface area contributed by atoms with Crippen LogP contribution in [0.15, 0.2) is 0 Å². The summed E-state index contributed by atoms with van der Waals surface area (Å²) in [6.45, 7) is 0. The summed E-state index contributed by atoms with van der Waals surface area (Å²) in [5.41, 5.74) is -14.5. The molecule has 8 nitrogen and oxygen atoms in total. The van der Waals surface area contributed by atoms with E-state index in [9.17, 15) is 79.4 Å². The van der Waals surface area contributed by atoms with Crippen LogP contribution < -0.4 is 0 Å². The summed E-state index contributed by atoms with van der Waals surface area (Å²) in [5.74, 6) is -16.9. The van der Waals surface area contributed by atoms with Gasteiger partial charge < -0.3 is 19.6 Å². The highest BCUT2D eigenvalue weighted by Crippen LogP contribution is 2.65. The number of ether oxygens (including phenoxy) is 2. The summed E-state index contributed by atoms with van der Waals surface area (Å²) in [7, 11) is -15.3. The summed E-state index contributed by atoms with van der Waals surface area (Å²) in [6, 6.07) is 0. The fourth-order valence-electron chi connectivity index (χ4n) is 1.28. The lowest BCUT2D eigenvalue weighted by molar-refractivity contribution is -0.524. The van der Waals surface area contributed by atoms with E-state index in [4.69, 9.17) is 19.6 Å². The van der Waals surface area contributed by atoms with Gasteiger partial charge in [0.15, 0.2) is 0 Å². The maximum absolute atomic E-state index is 13.3. The minimum absolute atomic E-state index is 1.23.